The van der Waals surface area contributed by atoms with Gasteiger partial charge in [-0.25, -0.2) is 0 Å². The van der Waals surface area contributed by atoms with Crippen LogP contribution in [0.2, 0.25) is 0 Å². The molecule has 1 nitrogen and oxygen atoms in total. The SMILES string of the molecule is CCCC(/C=C\CC(C=C(C)C)C(C)(C)C)OC(C)(C)C. The molecule has 1 heteroatoms. The minimum Gasteiger partial charge on any atom is -0.369 e. The maximum absolute atomic E-state index is 6.12. The zero-order valence-electron chi connectivity index (χ0n) is 15.9. The Morgan fingerprint density at radius 1 is 1.05 bits per heavy atom. The molecule has 2 atom stereocenters. The third kappa shape index (κ3) is 10.8. The van der Waals surface area contributed by atoms with Gasteiger partial charge >= 0.3 is 0 Å². The van der Waals surface area contributed by atoms with Gasteiger partial charge in [-0.2, -0.15) is 0 Å². The lowest BCUT2D eigenvalue weighted by atomic mass is 9.78. The van der Waals surface area contributed by atoms with E-state index < -0.39 is 0 Å². The van der Waals surface area contributed by atoms with Gasteiger partial charge in [0.1, 0.15) is 0 Å². The van der Waals surface area contributed by atoms with Crippen molar-refractivity contribution < 1.29 is 4.74 Å². The van der Waals surface area contributed by atoms with Crippen molar-refractivity contribution in [1.82, 2.24) is 0 Å². The van der Waals surface area contributed by atoms with Crippen molar-refractivity contribution in [3.8, 4) is 0 Å². The van der Waals surface area contributed by atoms with Gasteiger partial charge in [0.25, 0.3) is 0 Å². The molecule has 0 aromatic carbocycles. The average Bonchev–Trinajstić information content (AvgIpc) is 2.23. The van der Waals surface area contributed by atoms with Gasteiger partial charge in [-0.15, -0.1) is 0 Å². The molecule has 0 amide bonds. The summed E-state index contributed by atoms with van der Waals surface area (Å²) in [4.78, 5) is 0. The fraction of sp³-hybridized carbons (Fsp3) is 0.800. The zero-order valence-corrected chi connectivity index (χ0v) is 15.9. The Labute approximate surface area is 133 Å². The molecule has 0 aromatic heterocycles. The molecule has 21 heavy (non-hydrogen) atoms. The molecule has 0 bridgehead atoms. The second-order valence-corrected chi connectivity index (χ2v) is 8.44. The molecule has 2 unspecified atom stereocenters. The predicted octanol–water partition coefficient (Wildman–Crippen LogP) is 6.55. The molecule has 124 valence electrons. The highest BCUT2D eigenvalue weighted by Crippen LogP contribution is 2.31. The second kappa shape index (κ2) is 8.78. The minimum absolute atomic E-state index is 0.0759. The molecule has 0 N–H and O–H groups in total. The molecule has 0 heterocycles. The third-order valence-electron chi connectivity index (χ3n) is 3.47. The molecule has 0 aliphatic rings. The summed E-state index contributed by atoms with van der Waals surface area (Å²) in [6, 6.07) is 0. The third-order valence-corrected chi connectivity index (χ3v) is 3.47. The van der Waals surface area contributed by atoms with E-state index in [1.807, 2.05) is 0 Å². The van der Waals surface area contributed by atoms with Crippen molar-refractivity contribution in [2.45, 2.75) is 93.3 Å². The number of hydrogen-bond acceptors (Lipinski definition) is 1. The van der Waals surface area contributed by atoms with E-state index in [1.54, 1.807) is 0 Å². The molecule has 0 saturated heterocycles. The molecule has 0 fully saturated rings. The van der Waals surface area contributed by atoms with Crippen LogP contribution in [0.5, 0.6) is 0 Å². The van der Waals surface area contributed by atoms with Crippen molar-refractivity contribution in [1.29, 1.82) is 0 Å². The molecular formula is C20H38O. The summed E-state index contributed by atoms with van der Waals surface area (Å²) in [5.74, 6) is 0.579. The summed E-state index contributed by atoms with van der Waals surface area (Å²) in [7, 11) is 0. The van der Waals surface area contributed by atoms with Gasteiger partial charge in [0, 0.05) is 0 Å². The molecule has 0 saturated carbocycles. The van der Waals surface area contributed by atoms with E-state index >= 15 is 0 Å². The Bertz CT molecular complexity index is 332. The quantitative estimate of drug-likeness (QED) is 0.484. The van der Waals surface area contributed by atoms with Gasteiger partial charge in [0.05, 0.1) is 11.7 Å². The standard InChI is InChI=1S/C20H38O/c1-10-12-18(21-20(7,8)9)14-11-13-17(15-16(2)3)19(4,5)6/h11,14-15,17-18H,10,12-13H2,1-9H3/b14-11-. The Hall–Kier alpha value is -0.560. The number of rotatable bonds is 7. The predicted molar refractivity (Wildman–Crippen MR) is 95.7 cm³/mol. The lowest BCUT2D eigenvalue weighted by Gasteiger charge is -2.28. The molecule has 0 radical (unpaired) electrons. The van der Waals surface area contributed by atoms with E-state index in [0.29, 0.717) is 11.3 Å². The van der Waals surface area contributed by atoms with Crippen molar-refractivity contribution in [2.24, 2.45) is 11.3 Å². The van der Waals surface area contributed by atoms with Crippen LogP contribution in [0.25, 0.3) is 0 Å². The maximum atomic E-state index is 6.12. The molecule has 0 aliphatic heterocycles. The fourth-order valence-electron chi connectivity index (χ4n) is 2.38. The van der Waals surface area contributed by atoms with Crippen molar-refractivity contribution in [3.05, 3.63) is 23.8 Å². The number of ether oxygens (including phenoxy) is 1. The van der Waals surface area contributed by atoms with Crippen LogP contribution < -0.4 is 0 Å². The summed E-state index contributed by atoms with van der Waals surface area (Å²) < 4.78 is 6.12. The summed E-state index contributed by atoms with van der Waals surface area (Å²) in [6.45, 7) is 19.9. The zero-order chi connectivity index (χ0) is 16.7. The molecule has 0 aliphatic carbocycles. The van der Waals surface area contributed by atoms with E-state index in [-0.39, 0.29) is 11.7 Å². The topological polar surface area (TPSA) is 9.23 Å². The lowest BCUT2D eigenvalue weighted by Crippen LogP contribution is -2.26. The van der Waals surface area contributed by atoms with Crippen LogP contribution in [-0.2, 0) is 4.74 Å². The number of allylic oxidation sites excluding steroid dienone is 3. The molecule has 0 rings (SSSR count). The Morgan fingerprint density at radius 2 is 1.62 bits per heavy atom. The highest BCUT2D eigenvalue weighted by Gasteiger charge is 2.21. The first-order valence-corrected chi connectivity index (χ1v) is 8.45. The minimum atomic E-state index is -0.0759. The van der Waals surface area contributed by atoms with Crippen LogP contribution in [0.15, 0.2) is 23.8 Å². The van der Waals surface area contributed by atoms with Gasteiger partial charge in [0.2, 0.25) is 0 Å². The van der Waals surface area contributed by atoms with Crippen molar-refractivity contribution >= 4 is 0 Å². The van der Waals surface area contributed by atoms with Gasteiger partial charge in [-0.3, -0.25) is 0 Å². The van der Waals surface area contributed by atoms with E-state index in [0.717, 1.165) is 19.3 Å². The monoisotopic (exact) mass is 294 g/mol. The first kappa shape index (κ1) is 20.4. The Balaban J connectivity index is 4.77. The van der Waals surface area contributed by atoms with Gasteiger partial charge < -0.3 is 4.74 Å². The highest BCUT2D eigenvalue weighted by molar-refractivity contribution is 5.04. The van der Waals surface area contributed by atoms with E-state index in [4.69, 9.17) is 4.74 Å². The summed E-state index contributed by atoms with van der Waals surface area (Å²) in [5, 5.41) is 0. The van der Waals surface area contributed by atoms with Crippen LogP contribution in [0.4, 0.5) is 0 Å². The van der Waals surface area contributed by atoms with E-state index in [1.165, 1.54) is 5.57 Å². The summed E-state index contributed by atoms with van der Waals surface area (Å²) in [6.07, 6.45) is 10.6. The lowest BCUT2D eigenvalue weighted by molar-refractivity contribution is -0.0412. The Kier molecular flexibility index (Phi) is 8.54. The van der Waals surface area contributed by atoms with Crippen LogP contribution in [0.3, 0.4) is 0 Å². The van der Waals surface area contributed by atoms with E-state index in [2.05, 4.69) is 80.5 Å². The smallest absolute Gasteiger partial charge is 0.0762 e. The Morgan fingerprint density at radius 3 is 2.00 bits per heavy atom. The van der Waals surface area contributed by atoms with Crippen LogP contribution in [0.1, 0.15) is 81.6 Å². The van der Waals surface area contributed by atoms with Crippen LogP contribution in [0, 0.1) is 11.3 Å². The van der Waals surface area contributed by atoms with Crippen LogP contribution in [-0.4, -0.2) is 11.7 Å². The molecular weight excluding hydrogens is 256 g/mol. The summed E-state index contributed by atoms with van der Waals surface area (Å²) >= 11 is 0. The van der Waals surface area contributed by atoms with Crippen molar-refractivity contribution in [3.63, 3.8) is 0 Å². The van der Waals surface area contributed by atoms with Gasteiger partial charge in [-0.1, -0.05) is 57.9 Å². The largest absolute Gasteiger partial charge is 0.369 e. The average molecular weight is 295 g/mol. The second-order valence-electron chi connectivity index (χ2n) is 8.44. The van der Waals surface area contributed by atoms with Crippen molar-refractivity contribution in [2.75, 3.05) is 0 Å². The molecule has 0 spiro atoms. The maximum Gasteiger partial charge on any atom is 0.0762 e. The highest BCUT2D eigenvalue weighted by atomic mass is 16.5. The van der Waals surface area contributed by atoms with Gasteiger partial charge in [0.15, 0.2) is 0 Å². The normalized spacial score (nSPS) is 16.0. The first-order valence-electron chi connectivity index (χ1n) is 8.45. The number of hydrogen-bond donors (Lipinski definition) is 0. The van der Waals surface area contributed by atoms with Gasteiger partial charge in [-0.05, 0) is 58.8 Å². The summed E-state index contributed by atoms with van der Waals surface area (Å²) in [5.41, 5.74) is 1.62. The van der Waals surface area contributed by atoms with E-state index in [9.17, 15) is 0 Å². The first-order chi connectivity index (χ1) is 9.45. The fourth-order valence-corrected chi connectivity index (χ4v) is 2.38. The molecule has 0 aromatic rings. The van der Waals surface area contributed by atoms with Crippen LogP contribution >= 0.6 is 0 Å².